The third-order valence-corrected chi connectivity index (χ3v) is 10.5. The van der Waals surface area contributed by atoms with Gasteiger partial charge in [-0.3, -0.25) is 19.2 Å². The van der Waals surface area contributed by atoms with Crippen LogP contribution in [0.1, 0.15) is 70.3 Å². The number of aliphatic hydroxyl groups is 1. The number of hydrogen-bond acceptors (Lipinski definition) is 8. The molecule has 1 aliphatic carbocycles. The number of amides is 3. The molecular formula is C38H55N5O6. The largest absolute Gasteiger partial charge is 0.496 e. The molecule has 0 aromatic heterocycles. The van der Waals surface area contributed by atoms with Crippen molar-refractivity contribution in [3.63, 3.8) is 0 Å². The minimum absolute atomic E-state index is 0.123. The Balaban J connectivity index is 1.72. The molecule has 1 aliphatic heterocycles. The first kappa shape index (κ1) is 38.0. The van der Waals surface area contributed by atoms with Crippen LogP contribution in [0.15, 0.2) is 41.4 Å². The fourth-order valence-corrected chi connectivity index (χ4v) is 7.36. The zero-order valence-electron chi connectivity index (χ0n) is 30.7. The van der Waals surface area contributed by atoms with Crippen molar-refractivity contribution in [1.29, 1.82) is 0 Å². The van der Waals surface area contributed by atoms with Crippen LogP contribution in [0.5, 0.6) is 5.75 Å². The van der Waals surface area contributed by atoms with E-state index < -0.39 is 30.1 Å². The van der Waals surface area contributed by atoms with E-state index in [-0.39, 0.29) is 36.2 Å². The molecule has 3 amide bonds. The molecule has 11 heteroatoms. The van der Waals surface area contributed by atoms with Gasteiger partial charge < -0.3 is 25.4 Å². The molecule has 0 spiro atoms. The Kier molecular flexibility index (Phi) is 12.3. The Labute approximate surface area is 291 Å². The number of benzene rings is 2. The van der Waals surface area contributed by atoms with Crippen LogP contribution in [0.25, 0.3) is 11.1 Å². The summed E-state index contributed by atoms with van der Waals surface area (Å²) < 4.78 is 5.99. The van der Waals surface area contributed by atoms with Crippen LogP contribution in [0.2, 0.25) is 0 Å². The van der Waals surface area contributed by atoms with Gasteiger partial charge in [0.05, 0.1) is 19.8 Å². The van der Waals surface area contributed by atoms with Crippen molar-refractivity contribution in [2.24, 2.45) is 34.1 Å². The van der Waals surface area contributed by atoms with Gasteiger partial charge in [0.1, 0.15) is 17.9 Å². The molecule has 2 aliphatic rings. The number of aliphatic imine (C=N–C) groups is 1. The van der Waals surface area contributed by atoms with Gasteiger partial charge in [0.2, 0.25) is 5.91 Å². The maximum atomic E-state index is 14.1. The average Bonchev–Trinajstić information content (AvgIpc) is 3.42. The first-order chi connectivity index (χ1) is 23.1. The lowest BCUT2D eigenvalue weighted by Gasteiger charge is -2.43. The molecule has 4 rings (SSSR count). The van der Waals surface area contributed by atoms with Gasteiger partial charge in [-0.15, -0.1) is 0 Å². The number of rotatable bonds is 11. The molecule has 0 radical (unpaired) electrons. The van der Waals surface area contributed by atoms with Crippen molar-refractivity contribution >= 4 is 29.6 Å². The third kappa shape index (κ3) is 8.69. The molecule has 7 atom stereocenters. The van der Waals surface area contributed by atoms with Crippen molar-refractivity contribution in [3.8, 4) is 16.9 Å². The second-order valence-corrected chi connectivity index (χ2v) is 14.7. The van der Waals surface area contributed by atoms with Gasteiger partial charge in [0.15, 0.2) is 0 Å². The summed E-state index contributed by atoms with van der Waals surface area (Å²) in [4.78, 5) is 51.5. The number of anilines is 1. The highest BCUT2D eigenvalue weighted by Crippen LogP contribution is 2.45. The molecule has 3 unspecified atom stereocenters. The summed E-state index contributed by atoms with van der Waals surface area (Å²) in [6.07, 6.45) is 2.21. The van der Waals surface area contributed by atoms with Crippen LogP contribution < -0.4 is 20.3 Å². The van der Waals surface area contributed by atoms with Gasteiger partial charge >= 0.3 is 0 Å². The zero-order chi connectivity index (χ0) is 36.2. The Bertz CT molecular complexity index is 1540. The lowest BCUT2D eigenvalue weighted by molar-refractivity contribution is -0.174. The summed E-state index contributed by atoms with van der Waals surface area (Å²) in [7, 11) is 7.01. The summed E-state index contributed by atoms with van der Waals surface area (Å²) in [5.74, 6) is 0.0938. The predicted molar refractivity (Wildman–Crippen MR) is 193 cm³/mol. The number of carbonyl (C=O) groups excluding carboxylic acids is 3. The smallest absolute Gasteiger partial charge is 0.265 e. The number of nitrogens with one attached hydrogen (secondary N) is 2. The number of ether oxygens (including phenoxy) is 1. The van der Waals surface area contributed by atoms with Gasteiger partial charge in [0, 0.05) is 69.1 Å². The highest BCUT2D eigenvalue weighted by Gasteiger charge is 2.50. The molecule has 11 nitrogen and oxygen atoms in total. The number of aliphatic hydroxyl groups excluding tert-OH is 1. The monoisotopic (exact) mass is 677 g/mol. The molecule has 2 aromatic rings. The fourth-order valence-electron chi connectivity index (χ4n) is 7.36. The van der Waals surface area contributed by atoms with Gasteiger partial charge in [-0.25, -0.2) is 4.99 Å². The van der Waals surface area contributed by atoms with Crippen LogP contribution in [-0.2, 0) is 21.0 Å². The number of hydrogen-bond donors (Lipinski definition) is 3. The highest BCUT2D eigenvalue weighted by molar-refractivity contribution is 5.97. The Morgan fingerprint density at radius 3 is 2.53 bits per heavy atom. The summed E-state index contributed by atoms with van der Waals surface area (Å²) >= 11 is 0. The SMILES string of the molecule is CNC(=O)c1cc(-c2cccc(CN3O[C@@H](CNC(C)=O)C([C@H](C)O)[C@H]3C(=O)N=CC3C[C@@H](C)C(C)(C)CC3C)c2OC)cc(N(C)C)c1. The number of para-hydroxylation sites is 1. The number of nitrogens with zero attached hydrogens (tertiary/aromatic N) is 3. The summed E-state index contributed by atoms with van der Waals surface area (Å²) in [5.41, 5.74) is 3.87. The Morgan fingerprint density at radius 1 is 1.20 bits per heavy atom. The summed E-state index contributed by atoms with van der Waals surface area (Å²) in [5, 5.41) is 18.1. The molecule has 1 saturated carbocycles. The third-order valence-electron chi connectivity index (χ3n) is 10.5. The average molecular weight is 678 g/mol. The van der Waals surface area contributed by atoms with Crippen molar-refractivity contribution < 1.29 is 29.1 Å². The van der Waals surface area contributed by atoms with Gasteiger partial charge in [-0.05, 0) is 66.7 Å². The van der Waals surface area contributed by atoms with Crippen molar-refractivity contribution in [1.82, 2.24) is 15.7 Å². The first-order valence-electron chi connectivity index (χ1n) is 17.2. The molecule has 3 N–H and O–H groups in total. The molecule has 0 bridgehead atoms. The minimum atomic E-state index is -0.924. The second kappa shape index (κ2) is 15.8. The summed E-state index contributed by atoms with van der Waals surface area (Å²) in [6.45, 7) is 12.4. The zero-order valence-corrected chi connectivity index (χ0v) is 30.7. The van der Waals surface area contributed by atoms with Crippen LogP contribution >= 0.6 is 0 Å². The van der Waals surface area contributed by atoms with Crippen LogP contribution in [0, 0.1) is 29.1 Å². The lowest BCUT2D eigenvalue weighted by Crippen LogP contribution is -2.44. The van der Waals surface area contributed by atoms with E-state index in [1.807, 2.05) is 55.4 Å². The molecule has 268 valence electrons. The van der Waals surface area contributed by atoms with E-state index in [0.29, 0.717) is 23.1 Å². The predicted octanol–water partition coefficient (Wildman–Crippen LogP) is 4.71. The quantitative estimate of drug-likeness (QED) is 0.292. The topological polar surface area (TPSA) is 133 Å². The highest BCUT2D eigenvalue weighted by atomic mass is 16.7. The second-order valence-electron chi connectivity index (χ2n) is 14.7. The van der Waals surface area contributed by atoms with E-state index in [4.69, 9.17) is 9.57 Å². The maximum absolute atomic E-state index is 14.1. The standard InChI is InChI=1S/C38H55N5O6/c1-22-18-38(5,6)23(2)14-29(22)19-41-37(47)34-33(24(3)44)32(20-40-25(4)45)49-43(34)21-26-12-11-13-31(35(26)48-10)27-15-28(36(46)39-7)17-30(16-27)42(8)9/h11-13,15-17,19,22-24,29,32-34,44H,14,18,20-21H2,1-10H3,(H,39,46)(H,40,45)/t22?,23-,24+,29?,32+,33?,34+/m1/s1. The molecule has 1 heterocycles. The Hall–Kier alpha value is -3.80. The van der Waals surface area contributed by atoms with E-state index >= 15 is 0 Å². The van der Waals surface area contributed by atoms with Crippen LogP contribution in [0.4, 0.5) is 5.69 Å². The number of carbonyl (C=O) groups is 3. The fraction of sp³-hybridized carbons (Fsp3) is 0.579. The normalized spacial score (nSPS) is 25.9. The number of hydroxylamine groups is 2. The van der Waals surface area contributed by atoms with Crippen molar-refractivity contribution in [3.05, 3.63) is 47.5 Å². The Morgan fingerprint density at radius 2 is 1.92 bits per heavy atom. The van der Waals surface area contributed by atoms with Crippen LogP contribution in [0.3, 0.4) is 0 Å². The minimum Gasteiger partial charge on any atom is -0.496 e. The molecular weight excluding hydrogens is 622 g/mol. The number of methoxy groups -OCH3 is 1. The summed E-state index contributed by atoms with van der Waals surface area (Å²) in [6, 6.07) is 10.5. The van der Waals surface area contributed by atoms with E-state index in [9.17, 15) is 19.5 Å². The van der Waals surface area contributed by atoms with E-state index in [2.05, 4.69) is 43.3 Å². The maximum Gasteiger partial charge on any atom is 0.265 e. The van der Waals surface area contributed by atoms with Gasteiger partial charge in [-0.2, -0.15) is 5.06 Å². The van der Waals surface area contributed by atoms with Crippen molar-refractivity contribution in [2.45, 2.75) is 79.2 Å². The van der Waals surface area contributed by atoms with Crippen LogP contribution in [-0.4, -0.2) is 87.2 Å². The van der Waals surface area contributed by atoms with E-state index in [1.165, 1.54) is 6.92 Å². The van der Waals surface area contributed by atoms with Crippen molar-refractivity contribution in [2.75, 3.05) is 39.7 Å². The van der Waals surface area contributed by atoms with E-state index in [1.54, 1.807) is 32.4 Å². The molecule has 49 heavy (non-hydrogen) atoms. The molecule has 2 fully saturated rings. The first-order valence-corrected chi connectivity index (χ1v) is 17.2. The van der Waals surface area contributed by atoms with Gasteiger partial charge in [0.25, 0.3) is 11.8 Å². The molecule has 1 saturated heterocycles. The van der Waals surface area contributed by atoms with Gasteiger partial charge in [-0.1, -0.05) is 45.9 Å². The molecule has 2 aromatic carbocycles. The lowest BCUT2D eigenvalue weighted by atomic mass is 9.62. The van der Waals surface area contributed by atoms with E-state index in [0.717, 1.165) is 35.2 Å².